The van der Waals surface area contributed by atoms with Crippen molar-refractivity contribution in [2.24, 2.45) is 0 Å². The van der Waals surface area contributed by atoms with Crippen molar-refractivity contribution >= 4 is 66.7 Å². The van der Waals surface area contributed by atoms with Crippen LogP contribution in [0.3, 0.4) is 0 Å². The molecule has 0 saturated heterocycles. The van der Waals surface area contributed by atoms with E-state index in [1.54, 1.807) is 0 Å². The summed E-state index contributed by atoms with van der Waals surface area (Å²) in [4.78, 5) is 3.28. The smallest absolute Gasteiger partial charge is 0.203 e. The van der Waals surface area contributed by atoms with Crippen molar-refractivity contribution in [1.29, 1.82) is 0 Å². The van der Waals surface area contributed by atoms with Crippen molar-refractivity contribution in [3.8, 4) is 0 Å². The van der Waals surface area contributed by atoms with Gasteiger partial charge in [-0.3, -0.25) is 0 Å². The minimum Gasteiger partial charge on any atom is -1.00 e. The molecule has 3 rings (SSSR count). The molecule has 6 heteroatoms. The quantitative estimate of drug-likeness (QED) is 0.491. The maximum atomic E-state index is 6.02. The third kappa shape index (κ3) is 6.82. The Morgan fingerprint density at radius 3 is 1.96 bits per heavy atom. The highest BCUT2D eigenvalue weighted by atomic mass is 79.9. The number of nitrogens with one attached hydrogen (secondary N) is 2. The maximum Gasteiger partial charge on any atom is 0.203 e. The Morgan fingerprint density at radius 2 is 1.37 bits per heavy atom. The van der Waals surface area contributed by atoms with E-state index in [1.807, 2.05) is 85.1 Å². The van der Waals surface area contributed by atoms with Gasteiger partial charge >= 0.3 is 0 Å². The highest BCUT2D eigenvalue weighted by Crippen LogP contribution is 2.21. The Bertz CT molecular complexity index is 920. The first-order valence-corrected chi connectivity index (χ1v) is 9.91. The average Bonchev–Trinajstić information content (AvgIpc) is 2.65. The SMILES string of the molecule is Clc1ccc(/C(=C\C=[NH+]c2ccc(Br)cc2)Nc2ccc(Br)cc2)cc1.[Cl-]. The number of benzene rings is 3. The van der Waals surface area contributed by atoms with Crippen LogP contribution in [-0.2, 0) is 0 Å². The summed E-state index contributed by atoms with van der Waals surface area (Å²) in [6, 6.07) is 23.8. The molecule has 0 aliphatic carbocycles. The number of anilines is 1. The van der Waals surface area contributed by atoms with Crippen molar-refractivity contribution in [2.75, 3.05) is 5.32 Å². The Labute approximate surface area is 187 Å². The van der Waals surface area contributed by atoms with Crippen LogP contribution in [0, 0.1) is 0 Å². The van der Waals surface area contributed by atoms with E-state index >= 15 is 0 Å². The Kier molecular flexibility index (Phi) is 8.58. The number of allylic oxidation sites excluding steroid dienone is 1. The molecule has 0 atom stereocenters. The van der Waals surface area contributed by atoms with Crippen molar-refractivity contribution in [3.63, 3.8) is 0 Å². The second kappa shape index (κ2) is 10.7. The summed E-state index contributed by atoms with van der Waals surface area (Å²) in [5.74, 6) is 0. The van der Waals surface area contributed by atoms with Gasteiger partial charge in [-0.15, -0.1) is 0 Å². The first-order valence-electron chi connectivity index (χ1n) is 7.94. The lowest BCUT2D eigenvalue weighted by Crippen LogP contribution is -3.00. The monoisotopic (exact) mass is 524 g/mol. The van der Waals surface area contributed by atoms with Crippen LogP contribution in [0.2, 0.25) is 5.02 Å². The predicted molar refractivity (Wildman–Crippen MR) is 118 cm³/mol. The lowest BCUT2D eigenvalue weighted by Gasteiger charge is -2.11. The maximum absolute atomic E-state index is 6.02. The van der Waals surface area contributed by atoms with Crippen LogP contribution in [0.1, 0.15) is 5.56 Å². The summed E-state index contributed by atoms with van der Waals surface area (Å²) in [5, 5.41) is 4.17. The van der Waals surface area contributed by atoms with Crippen LogP contribution in [0.15, 0.2) is 87.8 Å². The summed E-state index contributed by atoms with van der Waals surface area (Å²) in [6.45, 7) is 0. The summed E-state index contributed by atoms with van der Waals surface area (Å²) in [5.41, 5.74) is 4.04. The van der Waals surface area contributed by atoms with Gasteiger partial charge in [0.1, 0.15) is 0 Å². The van der Waals surface area contributed by atoms with Gasteiger partial charge in [-0.1, -0.05) is 55.6 Å². The van der Waals surface area contributed by atoms with Crippen molar-refractivity contribution in [1.82, 2.24) is 0 Å². The lowest BCUT2D eigenvalue weighted by atomic mass is 10.1. The van der Waals surface area contributed by atoms with Crippen LogP contribution in [0.5, 0.6) is 0 Å². The molecule has 0 amide bonds. The molecule has 0 fully saturated rings. The zero-order valence-corrected chi connectivity index (χ0v) is 18.8. The normalized spacial score (nSPS) is 11.3. The largest absolute Gasteiger partial charge is 1.00 e. The fourth-order valence-corrected chi connectivity index (χ4v) is 2.95. The van der Waals surface area contributed by atoms with Crippen LogP contribution in [0.4, 0.5) is 11.4 Å². The summed E-state index contributed by atoms with van der Waals surface area (Å²) in [7, 11) is 0. The number of hydrogen-bond acceptors (Lipinski definition) is 1. The van der Waals surface area contributed by atoms with Gasteiger partial charge in [0.2, 0.25) is 5.69 Å². The molecule has 0 heterocycles. The van der Waals surface area contributed by atoms with Crippen LogP contribution >= 0.6 is 43.5 Å². The molecule has 0 bridgehead atoms. The van der Waals surface area contributed by atoms with Gasteiger partial charge in [0.05, 0.1) is 5.70 Å². The topological polar surface area (TPSA) is 26.0 Å². The molecule has 0 aliphatic rings. The Hall–Kier alpha value is -1.59. The van der Waals surface area contributed by atoms with E-state index < -0.39 is 0 Å². The van der Waals surface area contributed by atoms with E-state index in [9.17, 15) is 0 Å². The molecule has 138 valence electrons. The summed E-state index contributed by atoms with van der Waals surface area (Å²) >= 11 is 12.9. The lowest BCUT2D eigenvalue weighted by molar-refractivity contribution is -0.346. The minimum absolute atomic E-state index is 0. The molecule has 2 nitrogen and oxygen atoms in total. The molecule has 27 heavy (non-hydrogen) atoms. The molecule has 0 spiro atoms. The molecule has 0 aliphatic heterocycles. The second-order valence-electron chi connectivity index (χ2n) is 5.54. The molecule has 2 N–H and O–H groups in total. The van der Waals surface area contributed by atoms with E-state index in [1.165, 1.54) is 0 Å². The predicted octanol–water partition coefficient (Wildman–Crippen LogP) is 2.81. The Balaban J connectivity index is 0.00000261. The molecular weight excluding hydrogens is 511 g/mol. The molecule has 0 unspecified atom stereocenters. The first kappa shape index (κ1) is 21.7. The van der Waals surface area contributed by atoms with Crippen molar-refractivity contribution < 1.29 is 17.4 Å². The third-order valence-electron chi connectivity index (χ3n) is 3.62. The molecule has 0 aromatic heterocycles. The van der Waals surface area contributed by atoms with Gasteiger partial charge in [0, 0.05) is 37.9 Å². The second-order valence-corrected chi connectivity index (χ2v) is 7.80. The Morgan fingerprint density at radius 1 is 0.815 bits per heavy atom. The summed E-state index contributed by atoms with van der Waals surface area (Å²) in [6.07, 6.45) is 3.92. The molecule has 3 aromatic rings. The molecule has 3 aromatic carbocycles. The van der Waals surface area contributed by atoms with Crippen LogP contribution in [-0.4, -0.2) is 6.21 Å². The minimum atomic E-state index is 0. The summed E-state index contributed by atoms with van der Waals surface area (Å²) < 4.78 is 2.10. The zero-order valence-electron chi connectivity index (χ0n) is 14.1. The molecule has 0 radical (unpaired) electrons. The van der Waals surface area contributed by atoms with E-state index in [4.69, 9.17) is 11.6 Å². The zero-order chi connectivity index (χ0) is 18.4. The van der Waals surface area contributed by atoms with Gasteiger partial charge < -0.3 is 17.7 Å². The van der Waals surface area contributed by atoms with E-state index in [0.717, 1.165) is 31.6 Å². The van der Waals surface area contributed by atoms with Gasteiger partial charge in [0.15, 0.2) is 6.21 Å². The molecule has 0 saturated carbocycles. The molecular formula is C21H16Br2Cl2N2. The van der Waals surface area contributed by atoms with Gasteiger partial charge in [0.25, 0.3) is 0 Å². The highest BCUT2D eigenvalue weighted by molar-refractivity contribution is 9.10. The number of rotatable bonds is 5. The van der Waals surface area contributed by atoms with Crippen molar-refractivity contribution in [3.05, 3.63) is 98.4 Å². The van der Waals surface area contributed by atoms with Crippen LogP contribution in [0.25, 0.3) is 5.70 Å². The highest BCUT2D eigenvalue weighted by Gasteiger charge is 2.03. The van der Waals surface area contributed by atoms with E-state index in [-0.39, 0.29) is 12.4 Å². The fourth-order valence-electron chi connectivity index (χ4n) is 2.30. The average molecular weight is 527 g/mol. The fraction of sp³-hybridized carbons (Fsp3) is 0. The van der Waals surface area contributed by atoms with Gasteiger partial charge in [-0.25, -0.2) is 4.99 Å². The van der Waals surface area contributed by atoms with Crippen LogP contribution < -0.4 is 22.7 Å². The third-order valence-corrected chi connectivity index (χ3v) is 4.93. The van der Waals surface area contributed by atoms with E-state index in [0.29, 0.717) is 5.02 Å². The first-order chi connectivity index (χ1) is 12.6. The van der Waals surface area contributed by atoms with Crippen molar-refractivity contribution in [2.45, 2.75) is 0 Å². The number of halogens is 4. The number of hydrogen-bond donors (Lipinski definition) is 2. The van der Waals surface area contributed by atoms with Gasteiger partial charge in [-0.05, 0) is 54.1 Å². The standard InChI is InChI=1S/C21H15Br2ClN2.ClH/c22-16-3-9-19(10-4-16)25-14-13-21(15-1-7-18(24)8-2-15)26-20-11-5-17(23)6-12-20;/h1-14,26H;1H/b21-13+,25-14?;. The van der Waals surface area contributed by atoms with Gasteiger partial charge in [-0.2, -0.15) is 0 Å². The van der Waals surface area contributed by atoms with E-state index in [2.05, 4.69) is 42.2 Å².